The standard InChI is InChI=1S/C16H18BrFN2/c1-2-9-19-16(15-8-7-13(17)11-20-15)10-12-5-3-4-6-14(12)18/h3-8,11,16,19H,2,9-10H2,1H3. The molecule has 0 aliphatic heterocycles. The van der Waals surface area contributed by atoms with Gasteiger partial charge in [-0.05, 0) is 59.1 Å². The van der Waals surface area contributed by atoms with Crippen molar-refractivity contribution in [3.05, 3.63) is 64.1 Å². The Labute approximate surface area is 127 Å². The van der Waals surface area contributed by atoms with Crippen molar-refractivity contribution < 1.29 is 4.39 Å². The summed E-state index contributed by atoms with van der Waals surface area (Å²) in [6.07, 6.45) is 3.41. The molecule has 0 aliphatic carbocycles. The van der Waals surface area contributed by atoms with Gasteiger partial charge in [-0.1, -0.05) is 25.1 Å². The van der Waals surface area contributed by atoms with Gasteiger partial charge >= 0.3 is 0 Å². The SMILES string of the molecule is CCCNC(Cc1ccccc1F)c1ccc(Br)cn1. The maximum atomic E-state index is 13.8. The van der Waals surface area contributed by atoms with E-state index in [2.05, 4.69) is 33.2 Å². The third-order valence-corrected chi connectivity index (χ3v) is 3.60. The molecule has 0 radical (unpaired) electrons. The molecule has 1 N–H and O–H groups in total. The van der Waals surface area contributed by atoms with Crippen LogP contribution in [0.1, 0.15) is 30.6 Å². The Balaban J connectivity index is 2.19. The number of hydrogen-bond acceptors (Lipinski definition) is 2. The Bertz CT molecular complexity index is 542. The van der Waals surface area contributed by atoms with E-state index in [1.165, 1.54) is 6.07 Å². The molecule has 1 heterocycles. The molecule has 2 rings (SSSR count). The number of benzene rings is 1. The van der Waals surface area contributed by atoms with E-state index in [9.17, 15) is 4.39 Å². The minimum absolute atomic E-state index is 0.0277. The van der Waals surface area contributed by atoms with Crippen LogP contribution >= 0.6 is 15.9 Å². The van der Waals surface area contributed by atoms with Gasteiger partial charge in [-0.25, -0.2) is 4.39 Å². The number of hydrogen-bond donors (Lipinski definition) is 1. The summed E-state index contributed by atoms with van der Waals surface area (Å²) in [4.78, 5) is 4.43. The lowest BCUT2D eigenvalue weighted by molar-refractivity contribution is 0.503. The van der Waals surface area contributed by atoms with Crippen molar-refractivity contribution >= 4 is 15.9 Å². The first-order valence-corrected chi connectivity index (χ1v) is 7.58. The van der Waals surface area contributed by atoms with Crippen molar-refractivity contribution in [2.24, 2.45) is 0 Å². The highest BCUT2D eigenvalue weighted by atomic mass is 79.9. The molecule has 0 saturated carbocycles. The number of nitrogens with zero attached hydrogens (tertiary/aromatic N) is 1. The summed E-state index contributed by atoms with van der Waals surface area (Å²) in [5.74, 6) is -0.159. The molecule has 1 aromatic heterocycles. The van der Waals surface area contributed by atoms with Crippen LogP contribution in [0.3, 0.4) is 0 Å². The second kappa shape index (κ2) is 7.50. The fraction of sp³-hybridized carbons (Fsp3) is 0.312. The molecule has 1 aromatic carbocycles. The van der Waals surface area contributed by atoms with E-state index in [4.69, 9.17) is 0 Å². The zero-order valence-electron chi connectivity index (χ0n) is 11.4. The predicted octanol–water partition coefficient (Wildman–Crippen LogP) is 4.27. The first-order valence-electron chi connectivity index (χ1n) is 6.79. The number of nitrogens with one attached hydrogen (secondary N) is 1. The summed E-state index contributed by atoms with van der Waals surface area (Å²) in [5.41, 5.74) is 1.65. The van der Waals surface area contributed by atoms with Gasteiger partial charge in [0.2, 0.25) is 0 Å². The van der Waals surface area contributed by atoms with Crippen molar-refractivity contribution in [3.63, 3.8) is 0 Å². The quantitative estimate of drug-likeness (QED) is 0.852. The van der Waals surface area contributed by atoms with Crippen molar-refractivity contribution in [2.45, 2.75) is 25.8 Å². The van der Waals surface area contributed by atoms with Gasteiger partial charge in [0.15, 0.2) is 0 Å². The molecule has 0 aliphatic rings. The zero-order valence-corrected chi connectivity index (χ0v) is 13.0. The fourth-order valence-electron chi connectivity index (χ4n) is 2.08. The Morgan fingerprint density at radius 1 is 1.25 bits per heavy atom. The monoisotopic (exact) mass is 336 g/mol. The number of halogens is 2. The highest BCUT2D eigenvalue weighted by Crippen LogP contribution is 2.20. The van der Waals surface area contributed by atoms with Crippen LogP contribution in [0.25, 0.3) is 0 Å². The van der Waals surface area contributed by atoms with Crippen LogP contribution in [0, 0.1) is 5.82 Å². The van der Waals surface area contributed by atoms with E-state index in [-0.39, 0.29) is 11.9 Å². The summed E-state index contributed by atoms with van der Waals surface area (Å²) in [6, 6.07) is 10.9. The van der Waals surface area contributed by atoms with E-state index in [0.717, 1.165) is 23.1 Å². The molecule has 2 nitrogen and oxygen atoms in total. The van der Waals surface area contributed by atoms with Crippen molar-refractivity contribution in [1.29, 1.82) is 0 Å². The van der Waals surface area contributed by atoms with E-state index in [1.807, 2.05) is 24.3 Å². The van der Waals surface area contributed by atoms with E-state index >= 15 is 0 Å². The molecular weight excluding hydrogens is 319 g/mol. The second-order valence-corrected chi connectivity index (χ2v) is 5.62. The molecule has 0 bridgehead atoms. The van der Waals surface area contributed by atoms with Gasteiger partial charge in [-0.2, -0.15) is 0 Å². The highest BCUT2D eigenvalue weighted by Gasteiger charge is 2.14. The Hall–Kier alpha value is -1.26. The third kappa shape index (κ3) is 4.12. The Morgan fingerprint density at radius 3 is 2.70 bits per heavy atom. The van der Waals surface area contributed by atoms with E-state index in [1.54, 1.807) is 12.3 Å². The van der Waals surface area contributed by atoms with Crippen LogP contribution in [0.2, 0.25) is 0 Å². The molecule has 106 valence electrons. The van der Waals surface area contributed by atoms with E-state index in [0.29, 0.717) is 12.0 Å². The molecule has 20 heavy (non-hydrogen) atoms. The molecule has 1 atom stereocenters. The van der Waals surface area contributed by atoms with Gasteiger partial charge in [0.1, 0.15) is 5.82 Å². The predicted molar refractivity (Wildman–Crippen MR) is 83.1 cm³/mol. The molecule has 0 fully saturated rings. The molecule has 0 saturated heterocycles. The first-order chi connectivity index (χ1) is 9.70. The summed E-state index contributed by atoms with van der Waals surface area (Å²) in [6.45, 7) is 3.00. The normalized spacial score (nSPS) is 12.3. The Kier molecular flexibility index (Phi) is 5.68. The summed E-state index contributed by atoms with van der Waals surface area (Å²) >= 11 is 3.38. The van der Waals surface area contributed by atoms with Crippen molar-refractivity contribution in [2.75, 3.05) is 6.54 Å². The number of rotatable bonds is 6. The number of aromatic nitrogens is 1. The lowest BCUT2D eigenvalue weighted by Crippen LogP contribution is -2.25. The minimum Gasteiger partial charge on any atom is -0.308 e. The zero-order chi connectivity index (χ0) is 14.4. The molecule has 2 aromatic rings. The molecule has 0 amide bonds. The van der Waals surface area contributed by atoms with Gasteiger partial charge in [-0.3, -0.25) is 4.98 Å². The van der Waals surface area contributed by atoms with Gasteiger partial charge in [0.25, 0.3) is 0 Å². The van der Waals surface area contributed by atoms with Gasteiger partial charge in [0.05, 0.1) is 11.7 Å². The van der Waals surface area contributed by atoms with Crippen LogP contribution < -0.4 is 5.32 Å². The van der Waals surface area contributed by atoms with Crippen molar-refractivity contribution in [1.82, 2.24) is 10.3 Å². The average Bonchev–Trinajstić information content (AvgIpc) is 2.46. The largest absolute Gasteiger partial charge is 0.308 e. The summed E-state index contributed by atoms with van der Waals surface area (Å²) in [7, 11) is 0. The third-order valence-electron chi connectivity index (χ3n) is 3.13. The van der Waals surface area contributed by atoms with Crippen molar-refractivity contribution in [3.8, 4) is 0 Å². The highest BCUT2D eigenvalue weighted by molar-refractivity contribution is 9.10. The van der Waals surface area contributed by atoms with Gasteiger partial charge in [0, 0.05) is 10.7 Å². The van der Waals surface area contributed by atoms with Crippen LogP contribution in [-0.4, -0.2) is 11.5 Å². The maximum Gasteiger partial charge on any atom is 0.126 e. The van der Waals surface area contributed by atoms with Crippen LogP contribution in [0.5, 0.6) is 0 Å². The minimum atomic E-state index is -0.159. The fourth-order valence-corrected chi connectivity index (χ4v) is 2.31. The Morgan fingerprint density at radius 2 is 2.05 bits per heavy atom. The van der Waals surface area contributed by atoms with E-state index < -0.39 is 0 Å². The lowest BCUT2D eigenvalue weighted by atomic mass is 10.0. The topological polar surface area (TPSA) is 24.9 Å². The van der Waals surface area contributed by atoms with Crippen LogP contribution in [0.4, 0.5) is 4.39 Å². The first kappa shape index (κ1) is 15.1. The molecule has 4 heteroatoms. The number of pyridine rings is 1. The molecular formula is C16H18BrFN2. The second-order valence-electron chi connectivity index (χ2n) is 4.70. The summed E-state index contributed by atoms with van der Waals surface area (Å²) in [5, 5.41) is 3.44. The van der Waals surface area contributed by atoms with Gasteiger partial charge in [-0.15, -0.1) is 0 Å². The molecule has 0 spiro atoms. The van der Waals surface area contributed by atoms with Crippen LogP contribution in [-0.2, 0) is 6.42 Å². The van der Waals surface area contributed by atoms with Crippen LogP contribution in [0.15, 0.2) is 47.1 Å². The summed E-state index contributed by atoms with van der Waals surface area (Å²) < 4.78 is 14.7. The maximum absolute atomic E-state index is 13.8. The average molecular weight is 337 g/mol. The lowest BCUT2D eigenvalue weighted by Gasteiger charge is -2.18. The smallest absolute Gasteiger partial charge is 0.126 e. The molecule has 1 unspecified atom stereocenters. The van der Waals surface area contributed by atoms with Gasteiger partial charge < -0.3 is 5.32 Å².